The normalized spacial score (nSPS) is 12.0. The first-order valence-corrected chi connectivity index (χ1v) is 10.2. The molecule has 0 aliphatic heterocycles. The van der Waals surface area contributed by atoms with Crippen LogP contribution >= 0.6 is 11.3 Å². The van der Waals surface area contributed by atoms with Crippen LogP contribution in [0.2, 0.25) is 0 Å². The summed E-state index contributed by atoms with van der Waals surface area (Å²) in [6.45, 7) is 8.54. The van der Waals surface area contributed by atoms with E-state index >= 15 is 0 Å². The van der Waals surface area contributed by atoms with Gasteiger partial charge in [0.15, 0.2) is 0 Å². The zero-order valence-corrected chi connectivity index (χ0v) is 17.3. The summed E-state index contributed by atoms with van der Waals surface area (Å²) >= 11 is 1.34. The minimum atomic E-state index is -0.156. The van der Waals surface area contributed by atoms with Crippen LogP contribution in [0.25, 0.3) is 10.6 Å². The number of hydrogen-bond donors (Lipinski definition) is 1. The first-order chi connectivity index (χ1) is 12.9. The van der Waals surface area contributed by atoms with E-state index in [9.17, 15) is 9.59 Å². The number of anilines is 1. The van der Waals surface area contributed by atoms with Gasteiger partial charge in [0.2, 0.25) is 16.9 Å². The van der Waals surface area contributed by atoms with Gasteiger partial charge in [0.05, 0.1) is 0 Å². The molecule has 2 rings (SSSR count). The lowest BCUT2D eigenvalue weighted by atomic mass is 10.1. The number of carbonyl (C=O) groups is 2. The summed E-state index contributed by atoms with van der Waals surface area (Å²) in [4.78, 5) is 26.6. The van der Waals surface area contributed by atoms with Crippen molar-refractivity contribution in [2.45, 2.75) is 53.0 Å². The third kappa shape index (κ3) is 6.43. The predicted molar refractivity (Wildman–Crippen MR) is 110 cm³/mol. The predicted octanol–water partition coefficient (Wildman–Crippen LogP) is 4.21. The van der Waals surface area contributed by atoms with E-state index < -0.39 is 0 Å². The van der Waals surface area contributed by atoms with Gasteiger partial charge in [-0.1, -0.05) is 62.4 Å². The van der Waals surface area contributed by atoms with Crippen molar-refractivity contribution in [3.8, 4) is 10.6 Å². The number of aromatic nitrogens is 2. The summed E-state index contributed by atoms with van der Waals surface area (Å²) in [7, 11) is 0. The molecule has 7 heteroatoms. The van der Waals surface area contributed by atoms with Crippen molar-refractivity contribution >= 4 is 28.3 Å². The maximum atomic E-state index is 12.5. The Hall–Kier alpha value is -2.28. The van der Waals surface area contributed by atoms with Gasteiger partial charge in [-0.05, 0) is 19.3 Å². The molecule has 1 atom stereocenters. The van der Waals surface area contributed by atoms with E-state index in [4.69, 9.17) is 0 Å². The Labute approximate surface area is 165 Å². The second kappa shape index (κ2) is 10.2. The maximum absolute atomic E-state index is 12.5. The highest BCUT2D eigenvalue weighted by Crippen LogP contribution is 2.26. The SMILES string of the molecule is CCC(C)N(CCC(=O)Nc1nnc(-c2ccccc2)s1)C(=O)CC(C)C. The molecular weight excluding hydrogens is 360 g/mol. The Morgan fingerprint density at radius 2 is 1.85 bits per heavy atom. The van der Waals surface area contributed by atoms with Gasteiger partial charge >= 0.3 is 0 Å². The molecule has 0 saturated heterocycles. The van der Waals surface area contributed by atoms with Gasteiger partial charge in [-0.3, -0.25) is 9.59 Å². The largest absolute Gasteiger partial charge is 0.339 e. The summed E-state index contributed by atoms with van der Waals surface area (Å²) in [6, 6.07) is 9.85. The molecular formula is C20H28N4O2S. The minimum Gasteiger partial charge on any atom is -0.339 e. The van der Waals surface area contributed by atoms with E-state index in [1.165, 1.54) is 11.3 Å². The molecule has 0 spiro atoms. The Morgan fingerprint density at radius 3 is 2.48 bits per heavy atom. The highest BCUT2D eigenvalue weighted by Gasteiger charge is 2.21. The Balaban J connectivity index is 1.92. The summed E-state index contributed by atoms with van der Waals surface area (Å²) in [5, 5.41) is 12.2. The fraction of sp³-hybridized carbons (Fsp3) is 0.500. The summed E-state index contributed by atoms with van der Waals surface area (Å²) < 4.78 is 0. The molecule has 1 N–H and O–H groups in total. The van der Waals surface area contributed by atoms with Crippen LogP contribution in [0.1, 0.15) is 47.0 Å². The molecule has 1 aromatic carbocycles. The molecule has 6 nitrogen and oxygen atoms in total. The standard InChI is InChI=1S/C20H28N4O2S/c1-5-15(4)24(18(26)13-14(2)3)12-11-17(25)21-20-23-22-19(27-20)16-9-7-6-8-10-16/h6-10,14-15H,5,11-13H2,1-4H3,(H,21,23,25). The number of rotatable bonds is 9. The Kier molecular flexibility index (Phi) is 7.91. The first kappa shape index (κ1) is 21.0. The van der Waals surface area contributed by atoms with Crippen LogP contribution in [0.3, 0.4) is 0 Å². The maximum Gasteiger partial charge on any atom is 0.227 e. The lowest BCUT2D eigenvalue weighted by Gasteiger charge is -2.29. The van der Waals surface area contributed by atoms with Crippen molar-refractivity contribution < 1.29 is 9.59 Å². The molecule has 1 heterocycles. The topological polar surface area (TPSA) is 75.2 Å². The van der Waals surface area contributed by atoms with E-state index in [0.717, 1.165) is 17.0 Å². The second-order valence-electron chi connectivity index (χ2n) is 7.02. The molecule has 27 heavy (non-hydrogen) atoms. The van der Waals surface area contributed by atoms with Gasteiger partial charge in [0.25, 0.3) is 0 Å². The minimum absolute atomic E-state index is 0.106. The fourth-order valence-electron chi connectivity index (χ4n) is 2.65. The summed E-state index contributed by atoms with van der Waals surface area (Å²) in [5.41, 5.74) is 0.970. The third-order valence-electron chi connectivity index (χ3n) is 4.30. The van der Waals surface area contributed by atoms with Crippen LogP contribution < -0.4 is 5.32 Å². The van der Waals surface area contributed by atoms with Gasteiger partial charge in [-0.15, -0.1) is 10.2 Å². The molecule has 0 saturated carbocycles. The van der Waals surface area contributed by atoms with Gasteiger partial charge < -0.3 is 10.2 Å². The van der Waals surface area contributed by atoms with E-state index in [0.29, 0.717) is 24.0 Å². The number of nitrogens with zero attached hydrogens (tertiary/aromatic N) is 3. The lowest BCUT2D eigenvalue weighted by Crippen LogP contribution is -2.40. The van der Waals surface area contributed by atoms with Crippen molar-refractivity contribution in [3.63, 3.8) is 0 Å². The van der Waals surface area contributed by atoms with Crippen LogP contribution in [0, 0.1) is 5.92 Å². The number of amides is 2. The quantitative estimate of drug-likeness (QED) is 0.698. The van der Waals surface area contributed by atoms with Crippen LogP contribution in [0.15, 0.2) is 30.3 Å². The number of carbonyl (C=O) groups excluding carboxylic acids is 2. The number of hydrogen-bond acceptors (Lipinski definition) is 5. The molecule has 2 aromatic rings. The van der Waals surface area contributed by atoms with Crippen LogP contribution in [-0.2, 0) is 9.59 Å². The highest BCUT2D eigenvalue weighted by molar-refractivity contribution is 7.18. The summed E-state index contributed by atoms with van der Waals surface area (Å²) in [6.07, 6.45) is 1.61. The number of nitrogens with one attached hydrogen (secondary N) is 1. The van der Waals surface area contributed by atoms with Crippen LogP contribution in [0.5, 0.6) is 0 Å². The van der Waals surface area contributed by atoms with E-state index in [1.54, 1.807) is 0 Å². The zero-order valence-electron chi connectivity index (χ0n) is 16.4. The van der Waals surface area contributed by atoms with Crippen molar-refractivity contribution in [3.05, 3.63) is 30.3 Å². The molecule has 1 unspecified atom stereocenters. The van der Waals surface area contributed by atoms with Gasteiger partial charge in [0.1, 0.15) is 5.01 Å². The van der Waals surface area contributed by atoms with Gasteiger partial charge in [0, 0.05) is 31.0 Å². The molecule has 0 radical (unpaired) electrons. The van der Waals surface area contributed by atoms with Gasteiger partial charge in [-0.2, -0.15) is 0 Å². The molecule has 0 aliphatic carbocycles. The molecule has 1 aromatic heterocycles. The van der Waals surface area contributed by atoms with E-state index in [2.05, 4.69) is 15.5 Å². The Bertz CT molecular complexity index is 745. The molecule has 2 amide bonds. The molecule has 0 bridgehead atoms. The fourth-order valence-corrected chi connectivity index (χ4v) is 3.42. The first-order valence-electron chi connectivity index (χ1n) is 9.39. The molecule has 0 aliphatic rings. The molecule has 0 fully saturated rings. The average Bonchev–Trinajstić information content (AvgIpc) is 3.10. The zero-order chi connectivity index (χ0) is 19.8. The van der Waals surface area contributed by atoms with Crippen molar-refractivity contribution in [1.82, 2.24) is 15.1 Å². The van der Waals surface area contributed by atoms with Crippen molar-refractivity contribution in [1.29, 1.82) is 0 Å². The van der Waals surface area contributed by atoms with Gasteiger partial charge in [-0.25, -0.2) is 0 Å². The van der Waals surface area contributed by atoms with Crippen LogP contribution in [0.4, 0.5) is 5.13 Å². The lowest BCUT2D eigenvalue weighted by molar-refractivity contribution is -0.134. The Morgan fingerprint density at radius 1 is 1.15 bits per heavy atom. The van der Waals surface area contributed by atoms with Crippen molar-refractivity contribution in [2.75, 3.05) is 11.9 Å². The highest BCUT2D eigenvalue weighted by atomic mass is 32.1. The number of benzene rings is 1. The molecule has 146 valence electrons. The average molecular weight is 389 g/mol. The van der Waals surface area contributed by atoms with E-state index in [1.807, 2.05) is 62.9 Å². The monoisotopic (exact) mass is 388 g/mol. The van der Waals surface area contributed by atoms with E-state index in [-0.39, 0.29) is 24.3 Å². The van der Waals surface area contributed by atoms with Crippen LogP contribution in [-0.4, -0.2) is 39.5 Å². The smallest absolute Gasteiger partial charge is 0.227 e. The third-order valence-corrected chi connectivity index (χ3v) is 5.19. The second-order valence-corrected chi connectivity index (χ2v) is 8.00. The van der Waals surface area contributed by atoms with Crippen molar-refractivity contribution in [2.24, 2.45) is 5.92 Å². The summed E-state index contributed by atoms with van der Waals surface area (Å²) in [5.74, 6) is 0.251.